The number of benzene rings is 1. The summed E-state index contributed by atoms with van der Waals surface area (Å²) in [5, 5.41) is 18.8. The van der Waals surface area contributed by atoms with Crippen molar-refractivity contribution in [2.24, 2.45) is 0 Å². The van der Waals surface area contributed by atoms with Gasteiger partial charge in [-0.15, -0.1) is 10.2 Å². The summed E-state index contributed by atoms with van der Waals surface area (Å²) in [6, 6.07) is 2.77. The van der Waals surface area contributed by atoms with Gasteiger partial charge in [-0.3, -0.25) is 9.69 Å². The molecule has 9 heteroatoms. The number of fused-ring (bicyclic) bond motifs is 2. The number of hydrogen-bond donors (Lipinski definition) is 1. The molecule has 136 valence electrons. The van der Waals surface area contributed by atoms with E-state index in [0.29, 0.717) is 42.0 Å². The monoisotopic (exact) mass is 394 g/mol. The van der Waals surface area contributed by atoms with Crippen LogP contribution in [0.5, 0.6) is 5.75 Å². The van der Waals surface area contributed by atoms with Crippen LogP contribution in [0.15, 0.2) is 17.7 Å². The lowest BCUT2D eigenvalue weighted by Crippen LogP contribution is -2.49. The third-order valence-electron chi connectivity index (χ3n) is 4.64. The first-order chi connectivity index (χ1) is 12.4. The van der Waals surface area contributed by atoms with Crippen molar-refractivity contribution in [3.8, 4) is 5.75 Å². The number of aryl methyl sites for hydroxylation is 1. The maximum absolute atomic E-state index is 11.8. The van der Waals surface area contributed by atoms with Gasteiger partial charge in [-0.1, -0.05) is 23.2 Å². The van der Waals surface area contributed by atoms with E-state index in [4.69, 9.17) is 27.9 Å². The van der Waals surface area contributed by atoms with E-state index in [9.17, 15) is 9.90 Å². The minimum atomic E-state index is -0.868. The molecular weight excluding hydrogens is 379 g/mol. The molecule has 0 aliphatic carbocycles. The van der Waals surface area contributed by atoms with Crippen LogP contribution in [0.1, 0.15) is 17.2 Å². The minimum Gasteiger partial charge on any atom is -0.487 e. The largest absolute Gasteiger partial charge is 0.487 e. The minimum absolute atomic E-state index is 0.325. The summed E-state index contributed by atoms with van der Waals surface area (Å²) in [6.45, 7) is 3.37. The van der Waals surface area contributed by atoms with Crippen LogP contribution >= 0.6 is 23.2 Å². The molecule has 7 nitrogen and oxygen atoms in total. The van der Waals surface area contributed by atoms with E-state index >= 15 is 0 Å². The Morgan fingerprint density at radius 2 is 2.19 bits per heavy atom. The summed E-state index contributed by atoms with van der Waals surface area (Å²) in [4.78, 5) is 13.6. The first kappa shape index (κ1) is 17.3. The molecule has 26 heavy (non-hydrogen) atoms. The Morgan fingerprint density at radius 3 is 2.96 bits per heavy atom. The fourth-order valence-electron chi connectivity index (χ4n) is 3.38. The summed E-state index contributed by atoms with van der Waals surface area (Å²) >= 11 is 12.2. The van der Waals surface area contributed by atoms with Crippen LogP contribution in [0.25, 0.3) is 6.08 Å². The predicted octanol–water partition coefficient (Wildman–Crippen LogP) is 2.64. The molecular formula is C17H16Cl2N4O3. The number of ether oxygens (including phenoxy) is 1. The highest BCUT2D eigenvalue weighted by Crippen LogP contribution is 2.36. The van der Waals surface area contributed by atoms with Crippen LogP contribution in [0.2, 0.25) is 10.0 Å². The van der Waals surface area contributed by atoms with Gasteiger partial charge in [-0.25, -0.2) is 0 Å². The maximum Gasteiger partial charge on any atom is 0.322 e. The van der Waals surface area contributed by atoms with Crippen LogP contribution in [-0.4, -0.2) is 49.9 Å². The normalized spacial score (nSPS) is 19.3. The van der Waals surface area contributed by atoms with Crippen molar-refractivity contribution < 1.29 is 14.6 Å². The first-order valence-corrected chi connectivity index (χ1v) is 8.85. The van der Waals surface area contributed by atoms with Gasteiger partial charge in [0.2, 0.25) is 0 Å². The molecule has 0 fully saturated rings. The quantitative estimate of drug-likeness (QED) is 0.861. The Labute approximate surface area is 159 Å². The summed E-state index contributed by atoms with van der Waals surface area (Å²) in [5.74, 6) is 1.23. The van der Waals surface area contributed by atoms with Crippen molar-refractivity contribution >= 4 is 35.2 Å². The van der Waals surface area contributed by atoms with Gasteiger partial charge < -0.3 is 14.4 Å². The summed E-state index contributed by atoms with van der Waals surface area (Å²) in [6.07, 6.45) is 1.96. The van der Waals surface area contributed by atoms with Gasteiger partial charge in [0.1, 0.15) is 30.0 Å². The number of halogens is 2. The zero-order valence-corrected chi connectivity index (χ0v) is 15.5. The first-order valence-electron chi connectivity index (χ1n) is 8.09. The number of aromatic nitrogens is 3. The molecule has 0 amide bonds. The highest BCUT2D eigenvalue weighted by Gasteiger charge is 2.34. The van der Waals surface area contributed by atoms with Crippen LogP contribution in [0.3, 0.4) is 0 Å². The zero-order valence-electron chi connectivity index (χ0n) is 13.9. The van der Waals surface area contributed by atoms with Gasteiger partial charge in [0.25, 0.3) is 0 Å². The van der Waals surface area contributed by atoms with Crippen LogP contribution in [-0.2, 0) is 17.9 Å². The van der Waals surface area contributed by atoms with Gasteiger partial charge in [-0.05, 0) is 30.7 Å². The Hall–Kier alpha value is -2.09. The van der Waals surface area contributed by atoms with Gasteiger partial charge >= 0.3 is 5.97 Å². The molecule has 0 spiro atoms. The Morgan fingerprint density at radius 1 is 1.38 bits per heavy atom. The zero-order chi connectivity index (χ0) is 18.4. The molecule has 2 aliphatic rings. The molecule has 2 aromatic rings. The molecule has 0 radical (unpaired) electrons. The number of hydrogen-bond acceptors (Lipinski definition) is 5. The van der Waals surface area contributed by atoms with E-state index < -0.39 is 12.0 Å². The molecule has 2 aliphatic heterocycles. The van der Waals surface area contributed by atoms with Crippen LogP contribution in [0.4, 0.5) is 0 Å². The Balaban J connectivity index is 1.61. The van der Waals surface area contributed by atoms with E-state index in [-0.39, 0.29) is 0 Å². The Kier molecular flexibility index (Phi) is 4.38. The van der Waals surface area contributed by atoms with Crippen molar-refractivity contribution in [2.45, 2.75) is 26.1 Å². The smallest absolute Gasteiger partial charge is 0.322 e. The SMILES string of the molecule is Cc1nnc2n1CC(C(=O)O)N(CC1=Cc3cc(Cl)cc(Cl)c3OC1)C2. The highest BCUT2D eigenvalue weighted by molar-refractivity contribution is 6.36. The number of carboxylic acids is 1. The average Bonchev–Trinajstić information content (AvgIpc) is 2.94. The average molecular weight is 395 g/mol. The number of aliphatic carboxylic acids is 1. The number of carboxylic acid groups (broad SMARTS) is 1. The fourth-order valence-corrected chi connectivity index (χ4v) is 3.94. The van der Waals surface area contributed by atoms with Crippen molar-refractivity contribution in [3.05, 3.63) is 45.0 Å². The number of rotatable bonds is 3. The van der Waals surface area contributed by atoms with Crippen LogP contribution < -0.4 is 4.74 Å². The predicted molar refractivity (Wildman–Crippen MR) is 96.5 cm³/mol. The molecule has 3 heterocycles. The number of nitrogens with zero attached hydrogens (tertiary/aromatic N) is 4. The number of carbonyl (C=O) groups is 1. The van der Waals surface area contributed by atoms with Crippen molar-refractivity contribution in [3.63, 3.8) is 0 Å². The van der Waals surface area contributed by atoms with E-state index in [1.807, 2.05) is 22.5 Å². The second-order valence-electron chi connectivity index (χ2n) is 6.43. The highest BCUT2D eigenvalue weighted by atomic mass is 35.5. The summed E-state index contributed by atoms with van der Waals surface area (Å²) in [5.41, 5.74) is 1.75. The lowest BCUT2D eigenvalue weighted by Gasteiger charge is -2.34. The molecule has 1 unspecified atom stereocenters. The summed E-state index contributed by atoms with van der Waals surface area (Å²) in [7, 11) is 0. The second-order valence-corrected chi connectivity index (χ2v) is 7.27. The molecule has 0 saturated heterocycles. The molecule has 1 aromatic heterocycles. The van der Waals surface area contributed by atoms with Crippen molar-refractivity contribution in [1.82, 2.24) is 19.7 Å². The van der Waals surface area contributed by atoms with Crippen molar-refractivity contribution in [2.75, 3.05) is 13.2 Å². The molecule has 0 bridgehead atoms. The topological polar surface area (TPSA) is 80.5 Å². The van der Waals surface area contributed by atoms with Crippen LogP contribution in [0, 0.1) is 6.92 Å². The van der Waals surface area contributed by atoms with E-state index in [1.54, 1.807) is 12.1 Å². The standard InChI is InChI=1S/C17H16Cl2N4O3/c1-9-20-21-15-7-22(14(17(24)25)6-23(9)15)5-10-2-11-3-12(18)4-13(19)16(11)26-8-10/h2-4,14H,5-8H2,1H3,(H,24,25). The van der Waals surface area contributed by atoms with Gasteiger partial charge in [-0.2, -0.15) is 0 Å². The third-order valence-corrected chi connectivity index (χ3v) is 5.14. The third kappa shape index (κ3) is 3.06. The molecule has 1 aromatic carbocycles. The second kappa shape index (κ2) is 6.57. The van der Waals surface area contributed by atoms with Gasteiger partial charge in [0, 0.05) is 17.1 Å². The van der Waals surface area contributed by atoms with E-state index in [2.05, 4.69) is 10.2 Å². The molecule has 0 saturated carbocycles. The molecule has 1 N–H and O–H groups in total. The summed E-state index contributed by atoms with van der Waals surface area (Å²) < 4.78 is 7.62. The lowest BCUT2D eigenvalue weighted by atomic mass is 10.1. The maximum atomic E-state index is 11.8. The molecule has 1 atom stereocenters. The van der Waals surface area contributed by atoms with Gasteiger partial charge in [0.15, 0.2) is 0 Å². The Bertz CT molecular complexity index is 925. The fraction of sp³-hybridized carbons (Fsp3) is 0.353. The van der Waals surface area contributed by atoms with Crippen molar-refractivity contribution in [1.29, 1.82) is 0 Å². The van der Waals surface area contributed by atoms with E-state index in [0.717, 1.165) is 22.8 Å². The van der Waals surface area contributed by atoms with Gasteiger partial charge in [0.05, 0.1) is 18.1 Å². The molecule has 4 rings (SSSR count). The van der Waals surface area contributed by atoms with E-state index in [1.165, 1.54) is 0 Å². The lowest BCUT2D eigenvalue weighted by molar-refractivity contribution is -0.144.